The van der Waals surface area contributed by atoms with Crippen molar-refractivity contribution in [3.8, 4) is 0 Å². The third-order valence-corrected chi connectivity index (χ3v) is 6.92. The number of nitrogens with one attached hydrogen (secondary N) is 1. The predicted molar refractivity (Wildman–Crippen MR) is 133 cm³/mol. The number of anilines is 1. The lowest BCUT2D eigenvalue weighted by Gasteiger charge is -2.33. The van der Waals surface area contributed by atoms with E-state index >= 15 is 0 Å². The molecule has 0 saturated heterocycles. The van der Waals surface area contributed by atoms with Crippen molar-refractivity contribution < 1.29 is 22.4 Å². The Morgan fingerprint density at radius 3 is 2.32 bits per heavy atom. The number of rotatable bonds is 11. The van der Waals surface area contributed by atoms with Crippen LogP contribution in [-0.2, 0) is 26.2 Å². The Morgan fingerprint density at radius 1 is 1.12 bits per heavy atom. The van der Waals surface area contributed by atoms with Crippen LogP contribution < -0.4 is 9.62 Å². The van der Waals surface area contributed by atoms with Crippen molar-refractivity contribution in [2.45, 2.75) is 46.2 Å². The molecule has 0 radical (unpaired) electrons. The summed E-state index contributed by atoms with van der Waals surface area (Å²) in [6.07, 6.45) is 2.05. The van der Waals surface area contributed by atoms with Crippen LogP contribution in [0, 0.1) is 12.7 Å². The van der Waals surface area contributed by atoms with Crippen LogP contribution in [-0.4, -0.2) is 50.5 Å². The Morgan fingerprint density at radius 2 is 1.76 bits per heavy atom. The first-order valence-electron chi connectivity index (χ1n) is 11.0. The number of amides is 2. The number of halogens is 2. The zero-order valence-electron chi connectivity index (χ0n) is 19.8. The van der Waals surface area contributed by atoms with Gasteiger partial charge in [0.15, 0.2) is 0 Å². The molecule has 186 valence electrons. The van der Waals surface area contributed by atoms with Crippen molar-refractivity contribution in [3.63, 3.8) is 0 Å². The molecule has 1 atom stereocenters. The number of benzene rings is 2. The second kappa shape index (κ2) is 12.2. The minimum Gasteiger partial charge on any atom is -0.354 e. The fourth-order valence-electron chi connectivity index (χ4n) is 3.53. The van der Waals surface area contributed by atoms with Crippen molar-refractivity contribution in [3.05, 3.63) is 64.4 Å². The Labute approximate surface area is 205 Å². The van der Waals surface area contributed by atoms with Crippen molar-refractivity contribution in [1.29, 1.82) is 0 Å². The van der Waals surface area contributed by atoms with E-state index in [1.54, 1.807) is 32.0 Å². The number of carbonyl (C=O) groups excluding carboxylic acids is 2. The molecule has 34 heavy (non-hydrogen) atoms. The molecule has 7 nitrogen and oxygen atoms in total. The third-order valence-electron chi connectivity index (χ3n) is 5.39. The summed E-state index contributed by atoms with van der Waals surface area (Å²) in [5, 5.41) is 3.17. The Hall–Kier alpha value is -2.65. The average Bonchev–Trinajstić information content (AvgIpc) is 2.78. The molecule has 0 aliphatic carbocycles. The molecule has 10 heteroatoms. The lowest BCUT2D eigenvalue weighted by Crippen LogP contribution is -2.52. The number of sulfonamides is 1. The molecule has 0 saturated carbocycles. The molecule has 1 N–H and O–H groups in total. The molecule has 0 aliphatic heterocycles. The summed E-state index contributed by atoms with van der Waals surface area (Å²) in [4.78, 5) is 27.8. The van der Waals surface area contributed by atoms with Gasteiger partial charge < -0.3 is 10.2 Å². The van der Waals surface area contributed by atoms with Crippen LogP contribution in [0.5, 0.6) is 0 Å². The van der Waals surface area contributed by atoms with E-state index in [1.807, 2.05) is 6.92 Å². The van der Waals surface area contributed by atoms with Crippen molar-refractivity contribution in [1.82, 2.24) is 10.2 Å². The van der Waals surface area contributed by atoms with Crippen molar-refractivity contribution in [2.24, 2.45) is 0 Å². The Balaban J connectivity index is 2.46. The zero-order chi connectivity index (χ0) is 25.5. The molecule has 2 rings (SSSR count). The van der Waals surface area contributed by atoms with Crippen LogP contribution in [0.15, 0.2) is 42.5 Å². The van der Waals surface area contributed by atoms with Gasteiger partial charge in [-0.05, 0) is 55.2 Å². The van der Waals surface area contributed by atoms with Gasteiger partial charge in [-0.15, -0.1) is 0 Å². The predicted octanol–water partition coefficient (Wildman–Crippen LogP) is 3.89. The summed E-state index contributed by atoms with van der Waals surface area (Å²) in [7, 11) is -3.85. The lowest BCUT2D eigenvalue weighted by atomic mass is 10.1. The normalized spacial score (nSPS) is 12.2. The second-order valence-electron chi connectivity index (χ2n) is 8.02. The topological polar surface area (TPSA) is 86.8 Å². The molecule has 0 spiro atoms. The SMILES string of the molecule is CCCNC(=O)[C@H](CC)N(Cc1ccc(F)cc1)C(=O)CN(c1cccc(Cl)c1C)S(C)(=O)=O. The van der Waals surface area contributed by atoms with Gasteiger partial charge in [-0.2, -0.15) is 0 Å². The maximum absolute atomic E-state index is 13.6. The Kier molecular flexibility index (Phi) is 9.88. The molecule has 2 aromatic carbocycles. The Bertz CT molecular complexity index is 1110. The van der Waals surface area contributed by atoms with Crippen LogP contribution in [0.1, 0.15) is 37.8 Å². The molecule has 0 aromatic heterocycles. The first-order chi connectivity index (χ1) is 16.0. The second-order valence-corrected chi connectivity index (χ2v) is 10.3. The smallest absolute Gasteiger partial charge is 0.244 e. The van der Waals surface area contributed by atoms with Gasteiger partial charge in [-0.3, -0.25) is 13.9 Å². The van der Waals surface area contributed by atoms with Gasteiger partial charge in [-0.25, -0.2) is 12.8 Å². The molecule has 0 unspecified atom stereocenters. The minimum atomic E-state index is -3.85. The van der Waals surface area contributed by atoms with Gasteiger partial charge in [0.1, 0.15) is 18.4 Å². The number of hydrogen-bond donors (Lipinski definition) is 1. The highest BCUT2D eigenvalue weighted by atomic mass is 35.5. The fraction of sp³-hybridized carbons (Fsp3) is 0.417. The van der Waals surface area contributed by atoms with E-state index in [2.05, 4.69) is 5.32 Å². The summed E-state index contributed by atoms with van der Waals surface area (Å²) in [6, 6.07) is 9.59. The van der Waals surface area contributed by atoms with E-state index in [-0.39, 0.29) is 18.1 Å². The summed E-state index contributed by atoms with van der Waals surface area (Å²) in [5.74, 6) is -1.31. The van der Waals surface area contributed by atoms with Gasteiger partial charge in [0, 0.05) is 18.1 Å². The van der Waals surface area contributed by atoms with Crippen LogP contribution >= 0.6 is 11.6 Å². The van der Waals surface area contributed by atoms with E-state index in [4.69, 9.17) is 11.6 Å². The van der Waals surface area contributed by atoms with E-state index in [9.17, 15) is 22.4 Å². The van der Waals surface area contributed by atoms with E-state index in [1.165, 1.54) is 29.2 Å². The average molecular weight is 512 g/mol. The van der Waals surface area contributed by atoms with Gasteiger partial charge in [-0.1, -0.05) is 43.6 Å². The maximum atomic E-state index is 13.6. The number of carbonyl (C=O) groups is 2. The fourth-order valence-corrected chi connectivity index (χ4v) is 4.60. The minimum absolute atomic E-state index is 0.0172. The van der Waals surface area contributed by atoms with Crippen LogP contribution in [0.4, 0.5) is 10.1 Å². The number of hydrogen-bond acceptors (Lipinski definition) is 4. The van der Waals surface area contributed by atoms with E-state index in [0.717, 1.165) is 17.0 Å². The number of nitrogens with zero attached hydrogens (tertiary/aromatic N) is 2. The van der Waals surface area contributed by atoms with E-state index in [0.29, 0.717) is 29.1 Å². The van der Waals surface area contributed by atoms with E-state index < -0.39 is 34.3 Å². The molecule has 0 bridgehead atoms. The quantitative estimate of drug-likeness (QED) is 0.496. The highest BCUT2D eigenvalue weighted by molar-refractivity contribution is 7.92. The molecule has 0 heterocycles. The lowest BCUT2D eigenvalue weighted by molar-refractivity contribution is -0.140. The standard InChI is InChI=1S/C24H31ClFN3O4S/c1-5-14-27-24(31)21(6-2)28(15-18-10-12-19(26)13-11-18)23(30)16-29(34(4,32)33)22-9-7-8-20(25)17(22)3/h7-13,21H,5-6,14-16H2,1-4H3,(H,27,31)/t21-/m0/s1. The van der Waals surface area contributed by atoms with Gasteiger partial charge in [0.2, 0.25) is 21.8 Å². The highest BCUT2D eigenvalue weighted by Crippen LogP contribution is 2.28. The first-order valence-corrected chi connectivity index (χ1v) is 13.3. The summed E-state index contributed by atoms with van der Waals surface area (Å²) >= 11 is 6.19. The van der Waals surface area contributed by atoms with Crippen LogP contribution in [0.25, 0.3) is 0 Å². The first kappa shape index (κ1) is 27.6. The molecular weight excluding hydrogens is 481 g/mol. The summed E-state index contributed by atoms with van der Waals surface area (Å²) in [6.45, 7) is 5.31. The zero-order valence-corrected chi connectivity index (χ0v) is 21.4. The third kappa shape index (κ3) is 7.17. The molecule has 2 aromatic rings. The van der Waals surface area contributed by atoms with Crippen LogP contribution in [0.3, 0.4) is 0 Å². The van der Waals surface area contributed by atoms with Crippen molar-refractivity contribution in [2.75, 3.05) is 23.7 Å². The van der Waals surface area contributed by atoms with Gasteiger partial charge in [0.25, 0.3) is 0 Å². The molecular formula is C24H31ClFN3O4S. The molecule has 0 fully saturated rings. The molecule has 0 aliphatic rings. The van der Waals surface area contributed by atoms with Gasteiger partial charge in [0.05, 0.1) is 11.9 Å². The van der Waals surface area contributed by atoms with Crippen molar-refractivity contribution >= 4 is 39.1 Å². The molecule has 2 amide bonds. The summed E-state index contributed by atoms with van der Waals surface area (Å²) < 4.78 is 39.7. The maximum Gasteiger partial charge on any atom is 0.244 e. The summed E-state index contributed by atoms with van der Waals surface area (Å²) in [5.41, 5.74) is 1.41. The van der Waals surface area contributed by atoms with Gasteiger partial charge >= 0.3 is 0 Å². The monoisotopic (exact) mass is 511 g/mol. The highest BCUT2D eigenvalue weighted by Gasteiger charge is 2.32. The van der Waals surface area contributed by atoms with Crippen LogP contribution in [0.2, 0.25) is 5.02 Å². The largest absolute Gasteiger partial charge is 0.354 e.